The van der Waals surface area contributed by atoms with Gasteiger partial charge in [0.2, 0.25) is 0 Å². The maximum Gasteiger partial charge on any atom is 0.191 e. The van der Waals surface area contributed by atoms with Crippen molar-refractivity contribution in [3.63, 3.8) is 0 Å². The summed E-state index contributed by atoms with van der Waals surface area (Å²) in [6.07, 6.45) is 6.89. The van der Waals surface area contributed by atoms with Crippen molar-refractivity contribution < 1.29 is 0 Å². The van der Waals surface area contributed by atoms with E-state index in [1.54, 1.807) is 0 Å². The second-order valence-corrected chi connectivity index (χ2v) is 6.96. The molecule has 0 unspecified atom stereocenters. The van der Waals surface area contributed by atoms with E-state index >= 15 is 0 Å². The van der Waals surface area contributed by atoms with Crippen LogP contribution in [0.1, 0.15) is 42.5 Å². The fourth-order valence-corrected chi connectivity index (χ4v) is 3.74. The van der Waals surface area contributed by atoms with Crippen LogP contribution in [0.2, 0.25) is 0 Å². The fraction of sp³-hybridized carbons (Fsp3) is 0.429. The highest BCUT2D eigenvalue weighted by molar-refractivity contribution is 14.0. The molecular formula is C21H29IN4. The van der Waals surface area contributed by atoms with E-state index in [0.29, 0.717) is 6.54 Å². The molecule has 1 saturated carbocycles. The molecule has 1 fully saturated rings. The van der Waals surface area contributed by atoms with Crippen molar-refractivity contribution in [2.75, 3.05) is 13.6 Å². The van der Waals surface area contributed by atoms with Crippen LogP contribution in [0, 0.1) is 6.92 Å². The molecule has 2 N–H and O–H groups in total. The Kier molecular flexibility index (Phi) is 7.87. The van der Waals surface area contributed by atoms with Gasteiger partial charge in [0.05, 0.1) is 12.2 Å². The lowest BCUT2D eigenvalue weighted by atomic mass is 9.78. The third-order valence-electron chi connectivity index (χ3n) is 5.17. The topological polar surface area (TPSA) is 49.3 Å². The molecular weight excluding hydrogens is 435 g/mol. The Morgan fingerprint density at radius 2 is 1.92 bits per heavy atom. The minimum absolute atomic E-state index is 0. The van der Waals surface area contributed by atoms with Crippen molar-refractivity contribution in [2.24, 2.45) is 4.99 Å². The van der Waals surface area contributed by atoms with Crippen LogP contribution in [0.15, 0.2) is 53.7 Å². The Hall–Kier alpha value is -1.63. The molecule has 4 nitrogen and oxygen atoms in total. The molecule has 0 aliphatic heterocycles. The van der Waals surface area contributed by atoms with Crippen molar-refractivity contribution in [1.82, 2.24) is 15.6 Å². The van der Waals surface area contributed by atoms with Crippen LogP contribution in [0.4, 0.5) is 0 Å². The molecule has 0 atom stereocenters. The molecule has 1 heterocycles. The summed E-state index contributed by atoms with van der Waals surface area (Å²) in [6.45, 7) is 3.77. The number of hydrogen-bond acceptors (Lipinski definition) is 2. The molecule has 0 saturated heterocycles. The zero-order valence-electron chi connectivity index (χ0n) is 15.7. The summed E-state index contributed by atoms with van der Waals surface area (Å²) in [5.74, 6) is 0.838. The number of aliphatic imine (C=N–C) groups is 1. The van der Waals surface area contributed by atoms with E-state index in [2.05, 4.69) is 51.8 Å². The molecule has 140 valence electrons. The number of aromatic nitrogens is 1. The predicted octanol–water partition coefficient (Wildman–Crippen LogP) is 4.19. The zero-order valence-corrected chi connectivity index (χ0v) is 18.0. The Morgan fingerprint density at radius 3 is 2.58 bits per heavy atom. The number of nitrogens with one attached hydrogen (secondary N) is 2. The first-order chi connectivity index (χ1) is 12.2. The molecule has 1 aromatic carbocycles. The van der Waals surface area contributed by atoms with Gasteiger partial charge in [-0.15, -0.1) is 24.0 Å². The molecule has 3 rings (SSSR count). The summed E-state index contributed by atoms with van der Waals surface area (Å²) < 4.78 is 0. The normalized spacial score (nSPS) is 16.0. The van der Waals surface area contributed by atoms with Crippen molar-refractivity contribution in [3.05, 3.63) is 65.5 Å². The molecule has 0 amide bonds. The quantitative estimate of drug-likeness (QED) is 0.397. The standard InChI is InChI=1S/C21H28N4.HI/c1-17-8-7-9-18(14-17)21(11-4-5-12-21)16-25-20(22-2)24-15-19-10-3-6-13-23-19;/h3,6-10,13-14H,4-5,11-12,15-16H2,1-2H3,(H2,22,24,25);1H. The third-order valence-corrected chi connectivity index (χ3v) is 5.17. The fourth-order valence-electron chi connectivity index (χ4n) is 3.74. The molecule has 26 heavy (non-hydrogen) atoms. The number of aryl methyl sites for hydroxylation is 1. The SMILES string of the molecule is CN=C(NCc1ccccn1)NCC1(c2cccc(C)c2)CCCC1.I. The van der Waals surface area contributed by atoms with Gasteiger partial charge in [0.15, 0.2) is 5.96 Å². The summed E-state index contributed by atoms with van der Waals surface area (Å²) in [7, 11) is 1.82. The Bertz CT molecular complexity index is 709. The summed E-state index contributed by atoms with van der Waals surface area (Å²) >= 11 is 0. The maximum atomic E-state index is 4.37. The van der Waals surface area contributed by atoms with Crippen LogP contribution < -0.4 is 10.6 Å². The second kappa shape index (κ2) is 9.90. The lowest BCUT2D eigenvalue weighted by Crippen LogP contribution is -2.44. The van der Waals surface area contributed by atoms with Crippen LogP contribution in [0.5, 0.6) is 0 Å². The first-order valence-corrected chi connectivity index (χ1v) is 9.13. The maximum absolute atomic E-state index is 4.37. The molecule has 0 spiro atoms. The summed E-state index contributed by atoms with van der Waals surface area (Å²) in [4.78, 5) is 8.72. The van der Waals surface area contributed by atoms with Gasteiger partial charge in [0, 0.05) is 25.2 Å². The van der Waals surface area contributed by atoms with Crippen LogP contribution in [-0.4, -0.2) is 24.5 Å². The van der Waals surface area contributed by atoms with Crippen molar-refractivity contribution in [1.29, 1.82) is 0 Å². The summed E-state index contributed by atoms with van der Waals surface area (Å²) in [5, 5.41) is 6.92. The van der Waals surface area contributed by atoms with Crippen molar-refractivity contribution >= 4 is 29.9 Å². The van der Waals surface area contributed by atoms with E-state index in [4.69, 9.17) is 0 Å². The minimum atomic E-state index is 0. The van der Waals surface area contributed by atoms with E-state index in [9.17, 15) is 0 Å². The first kappa shape index (κ1) is 20.7. The van der Waals surface area contributed by atoms with Gasteiger partial charge in [0.1, 0.15) is 0 Å². The number of guanidine groups is 1. The molecule has 5 heteroatoms. The molecule has 0 radical (unpaired) electrons. The Morgan fingerprint density at radius 1 is 1.12 bits per heavy atom. The number of rotatable bonds is 5. The van der Waals surface area contributed by atoms with E-state index < -0.39 is 0 Å². The van der Waals surface area contributed by atoms with Crippen LogP contribution >= 0.6 is 24.0 Å². The van der Waals surface area contributed by atoms with Crippen LogP contribution in [0.25, 0.3) is 0 Å². The number of benzene rings is 1. The molecule has 1 aliphatic carbocycles. The number of hydrogen-bond donors (Lipinski definition) is 2. The number of nitrogens with zero attached hydrogens (tertiary/aromatic N) is 2. The molecule has 2 aromatic rings. The number of halogens is 1. The van der Waals surface area contributed by atoms with E-state index in [-0.39, 0.29) is 29.4 Å². The lowest BCUT2D eigenvalue weighted by molar-refractivity contribution is 0.431. The van der Waals surface area contributed by atoms with Gasteiger partial charge in [0.25, 0.3) is 0 Å². The highest BCUT2D eigenvalue weighted by Crippen LogP contribution is 2.40. The summed E-state index contributed by atoms with van der Waals surface area (Å²) in [5.41, 5.74) is 4.02. The van der Waals surface area contributed by atoms with Crippen molar-refractivity contribution in [3.8, 4) is 0 Å². The van der Waals surface area contributed by atoms with Gasteiger partial charge in [-0.1, -0.05) is 48.7 Å². The smallest absolute Gasteiger partial charge is 0.191 e. The second-order valence-electron chi connectivity index (χ2n) is 6.96. The van der Waals surface area contributed by atoms with Gasteiger partial charge >= 0.3 is 0 Å². The van der Waals surface area contributed by atoms with Gasteiger partial charge in [-0.05, 0) is 37.5 Å². The van der Waals surface area contributed by atoms with E-state index in [0.717, 1.165) is 18.2 Å². The largest absolute Gasteiger partial charge is 0.356 e. The van der Waals surface area contributed by atoms with Gasteiger partial charge in [-0.3, -0.25) is 9.98 Å². The molecule has 0 bridgehead atoms. The molecule has 1 aliphatic rings. The van der Waals surface area contributed by atoms with Crippen LogP contribution in [-0.2, 0) is 12.0 Å². The van der Waals surface area contributed by atoms with Crippen LogP contribution in [0.3, 0.4) is 0 Å². The number of pyridine rings is 1. The lowest BCUT2D eigenvalue weighted by Gasteiger charge is -2.31. The van der Waals surface area contributed by atoms with E-state index in [1.165, 1.54) is 36.8 Å². The first-order valence-electron chi connectivity index (χ1n) is 9.13. The zero-order chi connectivity index (χ0) is 17.5. The van der Waals surface area contributed by atoms with Gasteiger partial charge in [-0.2, -0.15) is 0 Å². The molecule has 1 aromatic heterocycles. The highest BCUT2D eigenvalue weighted by atomic mass is 127. The van der Waals surface area contributed by atoms with Gasteiger partial charge in [-0.25, -0.2) is 0 Å². The Balaban J connectivity index is 0.00000243. The average Bonchev–Trinajstić information content (AvgIpc) is 3.13. The third kappa shape index (κ3) is 5.19. The monoisotopic (exact) mass is 464 g/mol. The van der Waals surface area contributed by atoms with E-state index in [1.807, 2.05) is 31.4 Å². The Labute approximate surface area is 173 Å². The highest BCUT2D eigenvalue weighted by Gasteiger charge is 2.35. The van der Waals surface area contributed by atoms with Gasteiger partial charge < -0.3 is 10.6 Å². The van der Waals surface area contributed by atoms with Crippen molar-refractivity contribution in [2.45, 2.75) is 44.6 Å². The predicted molar refractivity (Wildman–Crippen MR) is 119 cm³/mol. The minimum Gasteiger partial charge on any atom is -0.356 e. The summed E-state index contributed by atoms with van der Waals surface area (Å²) in [6, 6.07) is 14.9. The average molecular weight is 464 g/mol.